The summed E-state index contributed by atoms with van der Waals surface area (Å²) < 4.78 is 0. The van der Waals surface area contributed by atoms with Crippen molar-refractivity contribution in [2.24, 2.45) is 16.5 Å². The number of amidine groups is 1. The van der Waals surface area contributed by atoms with Crippen LogP contribution in [-0.2, 0) is 5.66 Å². The summed E-state index contributed by atoms with van der Waals surface area (Å²) in [7, 11) is 0. The molecule has 102 valence electrons. The fourth-order valence-electron chi connectivity index (χ4n) is 2.55. The van der Waals surface area contributed by atoms with Crippen LogP contribution in [0.5, 0.6) is 0 Å². The highest BCUT2D eigenvalue weighted by molar-refractivity contribution is 6.65. The van der Waals surface area contributed by atoms with Crippen LogP contribution in [0.15, 0.2) is 28.0 Å². The Labute approximate surface area is 122 Å². The molecule has 1 aromatic rings. The minimum Gasteiger partial charge on any atom is -0.384 e. The molecule has 1 heterocycles. The molecule has 1 atom stereocenters. The summed E-state index contributed by atoms with van der Waals surface area (Å²) in [5.74, 6) is 0.226. The maximum Gasteiger partial charge on any atom is 0.199 e. The van der Waals surface area contributed by atoms with Crippen molar-refractivity contribution in [2.75, 3.05) is 0 Å². The second kappa shape index (κ2) is 4.71. The fourth-order valence-corrected chi connectivity index (χ4v) is 2.97. The third-order valence-corrected chi connectivity index (χ3v) is 3.81. The number of rotatable bonds is 1. The molecule has 0 saturated carbocycles. The average Bonchev–Trinajstić information content (AvgIpc) is 2.23. The van der Waals surface area contributed by atoms with E-state index in [2.05, 4.69) is 10.3 Å². The van der Waals surface area contributed by atoms with Crippen molar-refractivity contribution in [3.63, 3.8) is 0 Å². The molecular formula is C13H16Cl2N4. The number of aliphatic imine (C=N–C) groups is 1. The highest BCUT2D eigenvalue weighted by Gasteiger charge is 2.38. The van der Waals surface area contributed by atoms with Crippen molar-refractivity contribution >= 4 is 28.5 Å². The molecule has 6 heteroatoms. The minimum absolute atomic E-state index is 0.128. The van der Waals surface area contributed by atoms with Gasteiger partial charge in [-0.05, 0) is 43.5 Å². The SMILES string of the molecule is Cc1cc(C)c(C2(N)N=C(Cl)NC(N)=C2Cl)c(C)c1. The number of halogens is 2. The van der Waals surface area contributed by atoms with Crippen LogP contribution in [0.1, 0.15) is 22.3 Å². The van der Waals surface area contributed by atoms with Crippen molar-refractivity contribution in [2.45, 2.75) is 26.4 Å². The van der Waals surface area contributed by atoms with Crippen LogP contribution in [-0.4, -0.2) is 5.29 Å². The Morgan fingerprint density at radius 2 is 1.68 bits per heavy atom. The molecule has 19 heavy (non-hydrogen) atoms. The lowest BCUT2D eigenvalue weighted by Gasteiger charge is -2.33. The molecule has 0 radical (unpaired) electrons. The van der Waals surface area contributed by atoms with Crippen molar-refractivity contribution < 1.29 is 0 Å². The van der Waals surface area contributed by atoms with Gasteiger partial charge >= 0.3 is 0 Å². The number of aryl methyl sites for hydroxylation is 3. The van der Waals surface area contributed by atoms with Crippen LogP contribution in [0.3, 0.4) is 0 Å². The molecule has 1 aliphatic heterocycles. The molecule has 1 unspecified atom stereocenters. The molecule has 1 aromatic carbocycles. The number of hydrogen-bond acceptors (Lipinski definition) is 4. The molecular weight excluding hydrogens is 283 g/mol. The second-order valence-electron chi connectivity index (χ2n) is 4.80. The first kappa shape index (κ1) is 14.2. The van der Waals surface area contributed by atoms with Gasteiger partial charge in [-0.25, -0.2) is 4.99 Å². The minimum atomic E-state index is -1.24. The zero-order valence-corrected chi connectivity index (χ0v) is 12.5. The van der Waals surface area contributed by atoms with Gasteiger partial charge in [-0.2, -0.15) is 0 Å². The smallest absolute Gasteiger partial charge is 0.199 e. The maximum absolute atomic E-state index is 6.37. The van der Waals surface area contributed by atoms with Crippen LogP contribution in [0.25, 0.3) is 0 Å². The first-order chi connectivity index (χ1) is 8.75. The highest BCUT2D eigenvalue weighted by Crippen LogP contribution is 2.38. The first-order valence-corrected chi connectivity index (χ1v) is 6.56. The van der Waals surface area contributed by atoms with Crippen LogP contribution < -0.4 is 16.8 Å². The van der Waals surface area contributed by atoms with E-state index in [1.165, 1.54) is 0 Å². The zero-order chi connectivity index (χ0) is 14.4. The van der Waals surface area contributed by atoms with Crippen LogP contribution in [0, 0.1) is 20.8 Å². The summed E-state index contributed by atoms with van der Waals surface area (Å²) in [6.45, 7) is 5.96. The Balaban J connectivity index is 2.72. The molecule has 0 bridgehead atoms. The highest BCUT2D eigenvalue weighted by atomic mass is 35.5. The molecule has 5 N–H and O–H groups in total. The van der Waals surface area contributed by atoms with Crippen LogP contribution >= 0.6 is 23.2 Å². The van der Waals surface area contributed by atoms with Gasteiger partial charge in [0.1, 0.15) is 10.9 Å². The molecule has 4 nitrogen and oxygen atoms in total. The quantitative estimate of drug-likeness (QED) is 0.696. The number of hydrogen-bond donors (Lipinski definition) is 3. The van der Waals surface area contributed by atoms with E-state index in [4.69, 9.17) is 34.7 Å². The molecule has 0 fully saturated rings. The molecule has 0 amide bonds. The second-order valence-corrected chi connectivity index (χ2v) is 5.53. The lowest BCUT2D eigenvalue weighted by atomic mass is 9.89. The van der Waals surface area contributed by atoms with Gasteiger partial charge in [0.15, 0.2) is 11.0 Å². The van der Waals surface area contributed by atoms with E-state index in [0.29, 0.717) is 0 Å². The Kier molecular flexibility index (Phi) is 3.51. The summed E-state index contributed by atoms with van der Waals surface area (Å²) in [5.41, 5.74) is 14.9. The first-order valence-electron chi connectivity index (χ1n) is 5.81. The van der Waals surface area contributed by atoms with Gasteiger partial charge in [0.25, 0.3) is 0 Å². The largest absolute Gasteiger partial charge is 0.384 e. The summed E-state index contributed by atoms with van der Waals surface area (Å²) >= 11 is 12.2. The van der Waals surface area contributed by atoms with Crippen LogP contribution in [0.4, 0.5) is 0 Å². The lowest BCUT2D eigenvalue weighted by Crippen LogP contribution is -2.45. The van der Waals surface area contributed by atoms with Crippen molar-refractivity contribution in [3.05, 3.63) is 45.2 Å². The van der Waals surface area contributed by atoms with Crippen molar-refractivity contribution in [1.29, 1.82) is 0 Å². The molecule has 1 aliphatic rings. The number of benzene rings is 1. The summed E-state index contributed by atoms with van der Waals surface area (Å²) in [6, 6.07) is 4.06. The summed E-state index contributed by atoms with van der Waals surface area (Å²) in [6.07, 6.45) is 0. The topological polar surface area (TPSA) is 76.4 Å². The van der Waals surface area contributed by atoms with E-state index in [-0.39, 0.29) is 16.1 Å². The van der Waals surface area contributed by atoms with E-state index in [1.54, 1.807) is 0 Å². The van der Waals surface area contributed by atoms with E-state index in [1.807, 2.05) is 32.9 Å². The predicted molar refractivity (Wildman–Crippen MR) is 80.0 cm³/mol. The third-order valence-electron chi connectivity index (χ3n) is 3.14. The molecule has 0 aliphatic carbocycles. The normalized spacial score (nSPS) is 23.2. The van der Waals surface area contributed by atoms with Gasteiger partial charge in [0.2, 0.25) is 0 Å². The van der Waals surface area contributed by atoms with Gasteiger partial charge < -0.3 is 11.1 Å². The van der Waals surface area contributed by atoms with Gasteiger partial charge in [-0.1, -0.05) is 29.3 Å². The van der Waals surface area contributed by atoms with Crippen LogP contribution in [0.2, 0.25) is 0 Å². The standard InChI is InChI=1S/C13H16Cl2N4/c1-6-4-7(2)9(8(3)5-6)13(17)10(14)11(16)18-12(15)19-13/h4-5H,16-17H2,1-3H3,(H,18,19). The Hall–Kier alpha value is -1.23. The number of nitrogens with zero attached hydrogens (tertiary/aromatic N) is 1. The van der Waals surface area contributed by atoms with Crippen molar-refractivity contribution in [3.8, 4) is 0 Å². The van der Waals surface area contributed by atoms with Gasteiger partial charge in [-0.15, -0.1) is 0 Å². The lowest BCUT2D eigenvalue weighted by molar-refractivity contribution is 0.555. The third kappa shape index (κ3) is 2.31. The number of nitrogens with one attached hydrogen (secondary N) is 1. The van der Waals surface area contributed by atoms with E-state index >= 15 is 0 Å². The van der Waals surface area contributed by atoms with Gasteiger partial charge in [-0.3, -0.25) is 5.73 Å². The summed E-state index contributed by atoms with van der Waals surface area (Å²) in [5, 5.41) is 3.04. The monoisotopic (exact) mass is 298 g/mol. The maximum atomic E-state index is 6.37. The Morgan fingerprint density at radius 1 is 1.16 bits per heavy atom. The average molecular weight is 299 g/mol. The van der Waals surface area contributed by atoms with E-state index < -0.39 is 5.66 Å². The predicted octanol–water partition coefficient (Wildman–Crippen LogP) is 2.29. The number of nitrogens with two attached hydrogens (primary N) is 2. The molecule has 2 rings (SSSR count). The Bertz CT molecular complexity index is 584. The molecule has 0 saturated heterocycles. The van der Waals surface area contributed by atoms with E-state index in [0.717, 1.165) is 22.3 Å². The van der Waals surface area contributed by atoms with Gasteiger partial charge in [0.05, 0.1) is 0 Å². The van der Waals surface area contributed by atoms with Crippen molar-refractivity contribution in [1.82, 2.24) is 5.32 Å². The zero-order valence-electron chi connectivity index (χ0n) is 11.0. The molecule has 0 aromatic heterocycles. The van der Waals surface area contributed by atoms with Gasteiger partial charge in [0, 0.05) is 5.56 Å². The molecule has 0 spiro atoms. The van der Waals surface area contributed by atoms with E-state index in [9.17, 15) is 0 Å². The Morgan fingerprint density at radius 3 is 2.21 bits per heavy atom. The summed E-state index contributed by atoms with van der Waals surface area (Å²) in [4.78, 5) is 4.25. The fraction of sp³-hybridized carbons (Fsp3) is 0.308.